The Morgan fingerprint density at radius 3 is 2.47 bits per heavy atom. The molecule has 1 heterocycles. The molecule has 0 atom stereocenters. The van der Waals surface area contributed by atoms with Crippen molar-refractivity contribution >= 4 is 22.2 Å². The van der Waals surface area contributed by atoms with Gasteiger partial charge in [0.25, 0.3) is 0 Å². The van der Waals surface area contributed by atoms with E-state index >= 15 is 0 Å². The molecule has 2 aliphatic rings. The third kappa shape index (κ3) is 2.05. The summed E-state index contributed by atoms with van der Waals surface area (Å²) in [5, 5.41) is 0. The van der Waals surface area contributed by atoms with Gasteiger partial charge in [-0.15, -0.1) is 0 Å². The van der Waals surface area contributed by atoms with Crippen molar-refractivity contribution in [3.05, 3.63) is 21.7 Å². The normalized spacial score (nSPS) is 20.3. The van der Waals surface area contributed by atoms with Crippen LogP contribution in [0.5, 0.6) is 11.5 Å². The molecule has 1 saturated carbocycles. The van der Waals surface area contributed by atoms with Crippen LogP contribution in [-0.2, 0) is 5.54 Å². The molecule has 4 nitrogen and oxygen atoms in total. The van der Waals surface area contributed by atoms with Gasteiger partial charge >= 0.3 is 0 Å². The van der Waals surface area contributed by atoms with Crippen LogP contribution in [0.3, 0.4) is 0 Å². The third-order valence-corrected chi connectivity index (χ3v) is 4.61. The van der Waals surface area contributed by atoms with Crippen LogP contribution in [0.15, 0.2) is 10.5 Å². The number of rotatable bonds is 2. The van der Waals surface area contributed by atoms with Crippen molar-refractivity contribution < 1.29 is 14.3 Å². The second-order valence-electron chi connectivity index (χ2n) is 5.16. The first-order valence-corrected chi connectivity index (χ1v) is 7.32. The van der Waals surface area contributed by atoms with Crippen molar-refractivity contribution in [3.8, 4) is 11.5 Å². The number of carbonyl (C=O) groups excluding carboxylic acids is 1. The van der Waals surface area contributed by atoms with Gasteiger partial charge in [0.1, 0.15) is 13.2 Å². The number of nitrogens with two attached hydrogens (primary N) is 1. The van der Waals surface area contributed by atoms with E-state index in [4.69, 9.17) is 15.2 Å². The largest absolute Gasteiger partial charge is 0.486 e. The number of benzene rings is 1. The van der Waals surface area contributed by atoms with Gasteiger partial charge in [0, 0.05) is 15.6 Å². The van der Waals surface area contributed by atoms with E-state index in [0.717, 1.165) is 42.0 Å². The molecule has 0 spiro atoms. The van der Waals surface area contributed by atoms with Gasteiger partial charge in [-0.25, -0.2) is 0 Å². The highest BCUT2D eigenvalue weighted by molar-refractivity contribution is 9.10. The van der Waals surface area contributed by atoms with Crippen LogP contribution < -0.4 is 15.2 Å². The van der Waals surface area contributed by atoms with Crippen LogP contribution in [0.2, 0.25) is 0 Å². The first kappa shape index (κ1) is 12.9. The second kappa shape index (κ2) is 4.80. The number of fused-ring (bicyclic) bond motifs is 1. The van der Waals surface area contributed by atoms with Crippen LogP contribution in [0.1, 0.15) is 41.6 Å². The lowest BCUT2D eigenvalue weighted by molar-refractivity contribution is 0.111. The molecule has 0 aromatic heterocycles. The Morgan fingerprint density at radius 1 is 1.21 bits per heavy atom. The van der Waals surface area contributed by atoms with Crippen molar-refractivity contribution in [3.63, 3.8) is 0 Å². The minimum Gasteiger partial charge on any atom is -0.486 e. The molecule has 0 saturated heterocycles. The van der Waals surface area contributed by atoms with Crippen molar-refractivity contribution in [2.45, 2.75) is 31.2 Å². The lowest BCUT2D eigenvalue weighted by Gasteiger charge is -2.31. The summed E-state index contributed by atoms with van der Waals surface area (Å²) in [5.41, 5.74) is 7.61. The molecule has 1 fully saturated rings. The van der Waals surface area contributed by atoms with Crippen LogP contribution in [0.25, 0.3) is 0 Å². The van der Waals surface area contributed by atoms with Crippen molar-refractivity contribution in [1.29, 1.82) is 0 Å². The summed E-state index contributed by atoms with van der Waals surface area (Å²) in [4.78, 5) is 11.2. The maximum atomic E-state index is 11.2. The van der Waals surface area contributed by atoms with Gasteiger partial charge in [-0.05, 0) is 34.8 Å². The van der Waals surface area contributed by atoms with Crippen molar-refractivity contribution in [2.75, 3.05) is 13.2 Å². The summed E-state index contributed by atoms with van der Waals surface area (Å²) < 4.78 is 12.1. The first-order valence-electron chi connectivity index (χ1n) is 6.52. The first-order chi connectivity index (χ1) is 9.15. The van der Waals surface area contributed by atoms with E-state index in [0.29, 0.717) is 30.3 Å². The van der Waals surface area contributed by atoms with E-state index in [1.165, 1.54) is 0 Å². The third-order valence-electron chi connectivity index (χ3n) is 3.95. The molecule has 0 unspecified atom stereocenters. The molecule has 3 rings (SSSR count). The fourth-order valence-corrected chi connectivity index (χ4v) is 3.45. The predicted molar refractivity (Wildman–Crippen MR) is 74.9 cm³/mol. The number of ether oxygens (including phenoxy) is 2. The molecular formula is C14H16BrNO3. The van der Waals surface area contributed by atoms with E-state index < -0.39 is 0 Å². The topological polar surface area (TPSA) is 61.6 Å². The van der Waals surface area contributed by atoms with Gasteiger partial charge in [-0.1, -0.05) is 12.8 Å². The van der Waals surface area contributed by atoms with Crippen LogP contribution in [0.4, 0.5) is 0 Å². The number of carbonyl (C=O) groups is 1. The SMILES string of the molecule is NC1(c2cc(Br)c(C=O)c3c2OCCO3)CCCC1. The Balaban J connectivity index is 2.20. The molecule has 1 aliphatic heterocycles. The standard InChI is InChI=1S/C14H16BrNO3/c15-11-7-10(14(16)3-1-2-4-14)13-12(9(11)8-17)18-5-6-19-13/h7-8H,1-6,16H2. The number of halogens is 1. The number of aldehydes is 1. The average molecular weight is 326 g/mol. The minimum absolute atomic E-state index is 0.366. The molecule has 102 valence electrons. The molecule has 0 amide bonds. The van der Waals surface area contributed by atoms with E-state index in [-0.39, 0.29) is 5.54 Å². The Hall–Kier alpha value is -1.07. The van der Waals surface area contributed by atoms with Gasteiger partial charge in [0.05, 0.1) is 5.56 Å². The lowest BCUT2D eigenvalue weighted by atomic mass is 9.87. The molecule has 0 bridgehead atoms. The van der Waals surface area contributed by atoms with E-state index in [2.05, 4.69) is 15.9 Å². The fourth-order valence-electron chi connectivity index (χ4n) is 2.95. The van der Waals surface area contributed by atoms with E-state index in [9.17, 15) is 4.79 Å². The van der Waals surface area contributed by atoms with Gasteiger partial charge < -0.3 is 15.2 Å². The molecule has 1 aliphatic carbocycles. The monoisotopic (exact) mass is 325 g/mol. The minimum atomic E-state index is -0.366. The molecule has 1 aromatic carbocycles. The zero-order valence-electron chi connectivity index (χ0n) is 10.6. The average Bonchev–Trinajstić information content (AvgIpc) is 2.86. The highest BCUT2D eigenvalue weighted by atomic mass is 79.9. The molecule has 2 N–H and O–H groups in total. The molecule has 5 heteroatoms. The smallest absolute Gasteiger partial charge is 0.173 e. The van der Waals surface area contributed by atoms with Crippen molar-refractivity contribution in [1.82, 2.24) is 0 Å². The summed E-state index contributed by atoms with van der Waals surface area (Å²) in [6, 6.07) is 1.92. The number of hydrogen-bond acceptors (Lipinski definition) is 4. The second-order valence-corrected chi connectivity index (χ2v) is 6.01. The Kier molecular flexibility index (Phi) is 3.27. The Morgan fingerprint density at radius 2 is 1.84 bits per heavy atom. The zero-order valence-corrected chi connectivity index (χ0v) is 12.2. The summed E-state index contributed by atoms with van der Waals surface area (Å²) in [5.74, 6) is 1.18. The van der Waals surface area contributed by atoms with Gasteiger partial charge in [0.2, 0.25) is 0 Å². The summed E-state index contributed by atoms with van der Waals surface area (Å²) in [6.07, 6.45) is 4.92. The van der Waals surface area contributed by atoms with Gasteiger partial charge in [-0.2, -0.15) is 0 Å². The van der Waals surface area contributed by atoms with Crippen molar-refractivity contribution in [2.24, 2.45) is 5.73 Å². The van der Waals surface area contributed by atoms with Crippen LogP contribution in [0, 0.1) is 0 Å². The van der Waals surface area contributed by atoms with Gasteiger partial charge in [-0.3, -0.25) is 4.79 Å². The van der Waals surface area contributed by atoms with Crippen LogP contribution >= 0.6 is 15.9 Å². The van der Waals surface area contributed by atoms with E-state index in [1.807, 2.05) is 6.07 Å². The summed E-state index contributed by atoms with van der Waals surface area (Å²) in [6.45, 7) is 0.956. The van der Waals surface area contributed by atoms with Gasteiger partial charge in [0.15, 0.2) is 17.8 Å². The Labute approximate surface area is 120 Å². The van der Waals surface area contributed by atoms with Crippen LogP contribution in [-0.4, -0.2) is 19.5 Å². The zero-order chi connectivity index (χ0) is 13.5. The molecular weight excluding hydrogens is 310 g/mol. The lowest BCUT2D eigenvalue weighted by Crippen LogP contribution is -2.34. The molecule has 0 radical (unpaired) electrons. The molecule has 1 aromatic rings. The fraction of sp³-hybridized carbons (Fsp3) is 0.500. The number of hydrogen-bond donors (Lipinski definition) is 1. The summed E-state index contributed by atoms with van der Waals surface area (Å²) in [7, 11) is 0. The predicted octanol–water partition coefficient (Wildman–Crippen LogP) is 2.76. The maximum absolute atomic E-state index is 11.2. The summed E-state index contributed by atoms with van der Waals surface area (Å²) >= 11 is 3.44. The molecule has 19 heavy (non-hydrogen) atoms. The van der Waals surface area contributed by atoms with E-state index in [1.54, 1.807) is 0 Å². The Bertz CT molecular complexity index is 524. The highest BCUT2D eigenvalue weighted by Crippen LogP contribution is 2.48. The maximum Gasteiger partial charge on any atom is 0.173 e. The highest BCUT2D eigenvalue weighted by Gasteiger charge is 2.37. The quantitative estimate of drug-likeness (QED) is 0.849.